The smallest absolute Gasteiger partial charge is 0.267 e. The summed E-state index contributed by atoms with van der Waals surface area (Å²) < 4.78 is 6.25. The summed E-state index contributed by atoms with van der Waals surface area (Å²) in [5.41, 5.74) is 6.45. The van der Waals surface area contributed by atoms with Crippen molar-refractivity contribution < 1.29 is 14.7 Å². The summed E-state index contributed by atoms with van der Waals surface area (Å²) in [4.78, 5) is 11.1. The number of aryl methyl sites for hydroxylation is 1. The van der Waals surface area contributed by atoms with Gasteiger partial charge < -0.3 is 10.1 Å². The molecule has 2 aromatic carbocycles. The zero-order chi connectivity index (χ0) is 19.2. The van der Waals surface area contributed by atoms with E-state index in [-0.39, 0.29) is 0 Å². The molecule has 0 saturated heterocycles. The lowest BCUT2D eigenvalue weighted by atomic mass is 10.0. The van der Waals surface area contributed by atoms with Gasteiger partial charge in [-0.05, 0) is 82.2 Å². The van der Waals surface area contributed by atoms with Gasteiger partial charge in [0, 0.05) is 12.1 Å². The van der Waals surface area contributed by atoms with Crippen LogP contribution in [0.3, 0.4) is 0 Å². The van der Waals surface area contributed by atoms with E-state index in [0.29, 0.717) is 6.04 Å². The predicted octanol–water partition coefficient (Wildman–Crippen LogP) is 3.80. The van der Waals surface area contributed by atoms with Crippen LogP contribution < -0.4 is 15.5 Å². The van der Waals surface area contributed by atoms with E-state index in [1.54, 1.807) is 18.7 Å². The summed E-state index contributed by atoms with van der Waals surface area (Å²) in [5, 5.41) is 12.2. The normalized spacial score (nSPS) is 15.7. The highest BCUT2D eigenvalue weighted by atomic mass is 79.9. The molecule has 0 aliphatic heterocycles. The van der Waals surface area contributed by atoms with E-state index in [4.69, 9.17) is 9.94 Å². The SMILES string of the molecule is COc1ccc(CCNC2CCc3cc(/C=C/C(=O)NO)ccc32)cc1Br. The van der Waals surface area contributed by atoms with Gasteiger partial charge in [0.15, 0.2) is 0 Å². The summed E-state index contributed by atoms with van der Waals surface area (Å²) in [6, 6.07) is 12.8. The van der Waals surface area contributed by atoms with Crippen LogP contribution >= 0.6 is 15.9 Å². The number of hydrogen-bond donors (Lipinski definition) is 3. The third-order valence-corrected chi connectivity index (χ3v) is 5.42. The lowest BCUT2D eigenvalue weighted by molar-refractivity contribution is -0.124. The largest absolute Gasteiger partial charge is 0.496 e. The number of hydroxylamine groups is 1. The minimum Gasteiger partial charge on any atom is -0.496 e. The molecule has 1 atom stereocenters. The molecule has 0 fully saturated rings. The summed E-state index contributed by atoms with van der Waals surface area (Å²) >= 11 is 3.53. The maximum Gasteiger partial charge on any atom is 0.267 e. The third kappa shape index (κ3) is 4.97. The topological polar surface area (TPSA) is 70.6 Å². The Labute approximate surface area is 167 Å². The van der Waals surface area contributed by atoms with Crippen LogP contribution in [0.15, 0.2) is 46.9 Å². The molecular weight excluding hydrogens is 408 g/mol. The number of carbonyl (C=O) groups is 1. The van der Waals surface area contributed by atoms with Crippen molar-refractivity contribution in [1.82, 2.24) is 10.8 Å². The van der Waals surface area contributed by atoms with E-state index in [2.05, 4.69) is 45.5 Å². The van der Waals surface area contributed by atoms with E-state index < -0.39 is 5.91 Å². The van der Waals surface area contributed by atoms with Gasteiger partial charge in [0.25, 0.3) is 5.91 Å². The first kappa shape index (κ1) is 19.6. The van der Waals surface area contributed by atoms with Gasteiger partial charge in [0.2, 0.25) is 0 Å². The van der Waals surface area contributed by atoms with Crippen molar-refractivity contribution in [1.29, 1.82) is 0 Å². The number of carbonyl (C=O) groups excluding carboxylic acids is 1. The number of nitrogens with one attached hydrogen (secondary N) is 2. The first-order valence-corrected chi connectivity index (χ1v) is 9.71. The molecule has 1 amide bonds. The molecule has 1 unspecified atom stereocenters. The van der Waals surface area contributed by atoms with Crippen molar-refractivity contribution in [2.45, 2.75) is 25.3 Å². The molecule has 3 rings (SSSR count). The number of amides is 1. The maximum absolute atomic E-state index is 11.1. The first-order valence-electron chi connectivity index (χ1n) is 8.91. The van der Waals surface area contributed by atoms with Gasteiger partial charge in [0.1, 0.15) is 5.75 Å². The second-order valence-corrected chi connectivity index (χ2v) is 7.39. The molecule has 2 aromatic rings. The molecule has 27 heavy (non-hydrogen) atoms. The summed E-state index contributed by atoms with van der Waals surface area (Å²) in [5.74, 6) is 0.318. The summed E-state index contributed by atoms with van der Waals surface area (Å²) in [6.45, 7) is 0.904. The molecule has 1 aliphatic rings. The molecule has 142 valence electrons. The van der Waals surface area contributed by atoms with Crippen LogP contribution in [0.5, 0.6) is 5.75 Å². The zero-order valence-electron chi connectivity index (χ0n) is 15.2. The third-order valence-electron chi connectivity index (χ3n) is 4.80. The molecule has 6 heteroatoms. The van der Waals surface area contributed by atoms with Crippen LogP contribution in [-0.2, 0) is 17.6 Å². The number of hydrogen-bond acceptors (Lipinski definition) is 4. The Balaban J connectivity index is 1.57. The molecule has 5 nitrogen and oxygen atoms in total. The molecular formula is C21H23BrN2O3. The summed E-state index contributed by atoms with van der Waals surface area (Å²) in [7, 11) is 1.67. The van der Waals surface area contributed by atoms with Crippen molar-refractivity contribution in [3.8, 4) is 5.75 Å². The minimum absolute atomic E-state index is 0.362. The number of methoxy groups -OCH3 is 1. The second-order valence-electron chi connectivity index (χ2n) is 6.53. The number of benzene rings is 2. The van der Waals surface area contributed by atoms with Gasteiger partial charge in [-0.3, -0.25) is 10.0 Å². The number of fused-ring (bicyclic) bond motifs is 1. The Kier molecular flexibility index (Phi) is 6.66. The maximum atomic E-state index is 11.1. The minimum atomic E-state index is -0.528. The standard InChI is InChI=1S/C21H23BrN2O3/c1-27-20-8-3-15(13-18(20)22)10-11-23-19-7-5-16-12-14(2-6-17(16)19)4-9-21(25)24-26/h2-4,6,8-9,12-13,19,23,26H,5,7,10-11H2,1H3,(H,24,25)/b9-4+. The Morgan fingerprint density at radius 1 is 1.33 bits per heavy atom. The lowest BCUT2D eigenvalue weighted by Gasteiger charge is -2.14. The van der Waals surface area contributed by atoms with Crippen LogP contribution in [0.4, 0.5) is 0 Å². The van der Waals surface area contributed by atoms with E-state index >= 15 is 0 Å². The van der Waals surface area contributed by atoms with Crippen molar-refractivity contribution in [2.24, 2.45) is 0 Å². The quantitative estimate of drug-likeness (QED) is 0.355. The fourth-order valence-corrected chi connectivity index (χ4v) is 4.01. The van der Waals surface area contributed by atoms with Crippen LogP contribution in [0.1, 0.15) is 34.7 Å². The fourth-order valence-electron chi connectivity index (χ4n) is 3.42. The van der Waals surface area contributed by atoms with Gasteiger partial charge in [0.05, 0.1) is 11.6 Å². The highest BCUT2D eigenvalue weighted by Crippen LogP contribution is 2.32. The van der Waals surface area contributed by atoms with Crippen LogP contribution in [0.25, 0.3) is 6.08 Å². The number of halogens is 1. The van der Waals surface area contributed by atoms with Crippen molar-refractivity contribution in [3.05, 3.63) is 69.2 Å². The van der Waals surface area contributed by atoms with Gasteiger partial charge >= 0.3 is 0 Å². The molecule has 0 bridgehead atoms. The average molecular weight is 431 g/mol. The van der Waals surface area contributed by atoms with Gasteiger partial charge in [-0.2, -0.15) is 0 Å². The molecule has 0 aromatic heterocycles. The van der Waals surface area contributed by atoms with E-state index in [9.17, 15) is 4.79 Å². The van der Waals surface area contributed by atoms with Crippen molar-refractivity contribution in [3.63, 3.8) is 0 Å². The van der Waals surface area contributed by atoms with Gasteiger partial charge in [-0.15, -0.1) is 0 Å². The molecule has 3 N–H and O–H groups in total. The summed E-state index contributed by atoms with van der Waals surface area (Å²) in [6.07, 6.45) is 6.07. The van der Waals surface area contributed by atoms with E-state index in [0.717, 1.165) is 41.6 Å². The van der Waals surface area contributed by atoms with Crippen LogP contribution in [0.2, 0.25) is 0 Å². The van der Waals surface area contributed by atoms with Crippen LogP contribution in [-0.4, -0.2) is 24.8 Å². The first-order chi connectivity index (χ1) is 13.1. The number of ether oxygens (including phenoxy) is 1. The Morgan fingerprint density at radius 3 is 2.93 bits per heavy atom. The van der Waals surface area contributed by atoms with Gasteiger partial charge in [-0.25, -0.2) is 5.48 Å². The molecule has 0 spiro atoms. The average Bonchev–Trinajstić information content (AvgIpc) is 3.08. The number of rotatable bonds is 7. The molecule has 1 aliphatic carbocycles. The lowest BCUT2D eigenvalue weighted by Crippen LogP contribution is -2.21. The zero-order valence-corrected chi connectivity index (χ0v) is 16.8. The Hall–Kier alpha value is -2.15. The second kappa shape index (κ2) is 9.17. The highest BCUT2D eigenvalue weighted by molar-refractivity contribution is 9.10. The highest BCUT2D eigenvalue weighted by Gasteiger charge is 2.21. The van der Waals surface area contributed by atoms with Gasteiger partial charge in [-0.1, -0.05) is 24.3 Å². The Morgan fingerprint density at radius 2 is 2.19 bits per heavy atom. The van der Waals surface area contributed by atoms with E-state index in [1.807, 2.05) is 12.1 Å². The molecule has 0 heterocycles. The van der Waals surface area contributed by atoms with Crippen LogP contribution in [0, 0.1) is 0 Å². The van der Waals surface area contributed by atoms with Crippen molar-refractivity contribution >= 4 is 27.9 Å². The molecule has 0 saturated carbocycles. The predicted molar refractivity (Wildman–Crippen MR) is 109 cm³/mol. The monoisotopic (exact) mass is 430 g/mol. The van der Waals surface area contributed by atoms with E-state index in [1.165, 1.54) is 22.8 Å². The fraction of sp³-hybridized carbons (Fsp3) is 0.286. The van der Waals surface area contributed by atoms with Crippen molar-refractivity contribution in [2.75, 3.05) is 13.7 Å². The molecule has 0 radical (unpaired) electrons. The Bertz CT molecular complexity index is 851.